The van der Waals surface area contributed by atoms with Crippen molar-refractivity contribution in [2.45, 2.75) is 93.8 Å². The minimum Gasteiger partial charge on any atom is -0.744 e. The quantitative estimate of drug-likeness (QED) is 0.0998. The summed E-state index contributed by atoms with van der Waals surface area (Å²) in [6.45, 7) is 10.5. The lowest BCUT2D eigenvalue weighted by atomic mass is 9.77. The molecule has 3 aliphatic rings. The summed E-state index contributed by atoms with van der Waals surface area (Å²) in [4.78, 5) is 26.2. The van der Waals surface area contributed by atoms with Crippen LogP contribution in [0.25, 0.3) is 0 Å². The predicted octanol–water partition coefficient (Wildman–Crippen LogP) is 5.66. The minimum absolute atomic E-state index is 0.0261. The summed E-state index contributed by atoms with van der Waals surface area (Å²) in [5.74, 6) is -1.54. The van der Waals surface area contributed by atoms with Crippen LogP contribution in [0.1, 0.15) is 84.3 Å². The average Bonchev–Trinajstić information content (AvgIpc) is 3.37. The number of nitrogens with zero attached hydrogens (tertiary/aromatic N) is 2. The molecule has 0 unspecified atom stereocenters. The Kier molecular flexibility index (Phi) is 9.82. The fraction of sp³-hybridized carbons (Fsp3) is 0.417. The Balaban J connectivity index is 1.57. The molecule has 0 saturated carbocycles. The Bertz CT molecular complexity index is 2140. The number of Topliss-reactive ketones (excluding diaryl/α,β-unsaturated/α-hetero) is 1. The third-order valence-electron chi connectivity index (χ3n) is 9.88. The maximum atomic E-state index is 13.8. The monoisotopic (exact) mass is 726 g/mol. The van der Waals surface area contributed by atoms with Crippen molar-refractivity contribution in [1.82, 2.24) is 0 Å². The molecule has 50 heavy (non-hydrogen) atoms. The van der Waals surface area contributed by atoms with Gasteiger partial charge in [-0.25, -0.2) is 8.42 Å². The number of fused-ring (bicyclic) bond motifs is 2. The molecule has 0 spiro atoms. The normalized spacial score (nSPS) is 19.7. The largest absolute Gasteiger partial charge is 0.744 e. The second kappa shape index (κ2) is 13.2. The number of aliphatic carboxylic acids is 1. The van der Waals surface area contributed by atoms with Gasteiger partial charge in [0.25, 0.3) is 10.1 Å². The van der Waals surface area contributed by atoms with Crippen molar-refractivity contribution >= 4 is 49.1 Å². The summed E-state index contributed by atoms with van der Waals surface area (Å²) in [6.07, 6.45) is 6.58. The fourth-order valence-electron chi connectivity index (χ4n) is 7.05. The van der Waals surface area contributed by atoms with Crippen molar-refractivity contribution in [3.63, 3.8) is 0 Å². The number of ketones is 1. The Labute approximate surface area is 292 Å². The first kappa shape index (κ1) is 37.2. The summed E-state index contributed by atoms with van der Waals surface area (Å²) >= 11 is 0. The van der Waals surface area contributed by atoms with E-state index in [2.05, 4.69) is 0 Å². The van der Waals surface area contributed by atoms with Crippen molar-refractivity contribution in [2.75, 3.05) is 18.0 Å². The van der Waals surface area contributed by atoms with E-state index >= 15 is 0 Å². The SMILES string of the molecule is CCCCN1C(=CC2=C(O)C(=CC3=[N+](CCCCCC(=O)O)c4ccc(S(=O)(=O)[O-])cc4C3(C)C)C2=O)C(C)(C)c2cc(S(=O)(=O)O)ccc21. The van der Waals surface area contributed by atoms with Gasteiger partial charge in [-0.1, -0.05) is 27.2 Å². The van der Waals surface area contributed by atoms with Crippen molar-refractivity contribution in [3.05, 3.63) is 82.3 Å². The fourth-order valence-corrected chi connectivity index (χ4v) is 8.05. The lowest BCUT2D eigenvalue weighted by molar-refractivity contribution is -0.438. The molecule has 2 heterocycles. The highest BCUT2D eigenvalue weighted by molar-refractivity contribution is 7.86. The molecule has 2 aliphatic heterocycles. The van der Waals surface area contributed by atoms with E-state index in [0.29, 0.717) is 60.6 Å². The Morgan fingerprint density at radius 3 is 2.18 bits per heavy atom. The zero-order valence-corrected chi connectivity index (χ0v) is 30.3. The molecule has 3 N–H and O–H groups in total. The van der Waals surface area contributed by atoms with Crippen molar-refractivity contribution in [2.24, 2.45) is 0 Å². The minimum atomic E-state index is -4.75. The van der Waals surface area contributed by atoms with Crippen LogP contribution in [0.3, 0.4) is 0 Å². The van der Waals surface area contributed by atoms with Crippen LogP contribution < -0.4 is 4.90 Å². The van der Waals surface area contributed by atoms with Crippen LogP contribution in [0.15, 0.2) is 80.9 Å². The molecule has 0 aromatic heterocycles. The van der Waals surface area contributed by atoms with E-state index in [0.717, 1.165) is 18.5 Å². The predicted molar refractivity (Wildman–Crippen MR) is 186 cm³/mol. The number of carbonyl (C=O) groups excluding carboxylic acids is 1. The van der Waals surface area contributed by atoms with E-state index in [4.69, 9.17) is 5.11 Å². The number of carboxylic acids is 1. The molecule has 12 nitrogen and oxygen atoms in total. The second-order valence-electron chi connectivity index (χ2n) is 14.0. The van der Waals surface area contributed by atoms with Gasteiger partial charge in [-0.15, -0.1) is 0 Å². The highest BCUT2D eigenvalue weighted by atomic mass is 32.2. The van der Waals surface area contributed by atoms with Gasteiger partial charge in [0.2, 0.25) is 11.5 Å². The van der Waals surface area contributed by atoms with Crippen LogP contribution in [0.4, 0.5) is 11.4 Å². The number of hydrogen-bond donors (Lipinski definition) is 3. The van der Waals surface area contributed by atoms with Crippen LogP contribution in [-0.4, -0.2) is 71.3 Å². The number of carbonyl (C=O) groups is 2. The maximum Gasteiger partial charge on any atom is 0.303 e. The van der Waals surface area contributed by atoms with Gasteiger partial charge in [-0.05, 0) is 75.1 Å². The van der Waals surface area contributed by atoms with E-state index in [9.17, 15) is 40.6 Å². The van der Waals surface area contributed by atoms with E-state index in [1.54, 1.807) is 24.3 Å². The molecule has 0 radical (unpaired) electrons. The summed E-state index contributed by atoms with van der Waals surface area (Å²) < 4.78 is 71.2. The Morgan fingerprint density at radius 1 is 0.920 bits per heavy atom. The van der Waals surface area contributed by atoms with Crippen LogP contribution in [0, 0.1) is 0 Å². The van der Waals surface area contributed by atoms with Crippen molar-refractivity contribution in [1.29, 1.82) is 0 Å². The smallest absolute Gasteiger partial charge is 0.303 e. The molecule has 0 atom stereocenters. The molecule has 0 saturated heterocycles. The number of carboxylic acid groups (broad SMARTS) is 1. The molecular formula is C36H42N2O10S2. The zero-order chi connectivity index (χ0) is 37.0. The maximum absolute atomic E-state index is 13.8. The lowest BCUT2D eigenvalue weighted by Gasteiger charge is -2.29. The first-order valence-electron chi connectivity index (χ1n) is 16.5. The Morgan fingerprint density at radius 2 is 1.58 bits per heavy atom. The van der Waals surface area contributed by atoms with Gasteiger partial charge >= 0.3 is 5.97 Å². The molecule has 1 aliphatic carbocycles. The molecule has 2 aromatic carbocycles. The molecular weight excluding hydrogens is 685 g/mol. The lowest BCUT2D eigenvalue weighted by Crippen LogP contribution is -2.32. The standard InChI is InChI=1S/C36H42N2O10S2/c1-6-7-16-37-28-14-12-22(49(43,44)45)18-26(28)35(2,3)30(37)20-24-33(41)25(34(24)42)21-31-36(4,5)27-19-23(50(46,47)48)13-15-29(27)38(31)17-10-8-9-11-32(39)40/h12-15,18-21H,6-11,16-17H2,1-5H3,(H3-,39,40,41,42,43,44,45,46,47,48). The third kappa shape index (κ3) is 6.69. The molecule has 0 fully saturated rings. The van der Waals surface area contributed by atoms with Gasteiger partial charge in [0.15, 0.2) is 5.71 Å². The van der Waals surface area contributed by atoms with Gasteiger partial charge in [0.05, 0.1) is 26.4 Å². The summed E-state index contributed by atoms with van der Waals surface area (Å²) in [7, 11) is -9.21. The first-order valence-corrected chi connectivity index (χ1v) is 19.3. The van der Waals surface area contributed by atoms with E-state index < -0.39 is 42.8 Å². The van der Waals surface area contributed by atoms with Gasteiger partial charge in [-0.3, -0.25) is 14.1 Å². The number of anilines is 1. The third-order valence-corrected chi connectivity index (χ3v) is 11.6. The highest BCUT2D eigenvalue weighted by Gasteiger charge is 2.47. The van der Waals surface area contributed by atoms with Gasteiger partial charge in [-0.2, -0.15) is 13.0 Å². The first-order chi connectivity index (χ1) is 23.2. The van der Waals surface area contributed by atoms with E-state index in [1.807, 2.05) is 44.1 Å². The Hall–Kier alpha value is -4.11. The molecule has 5 rings (SSSR count). The molecule has 0 bridgehead atoms. The van der Waals surface area contributed by atoms with Gasteiger partial charge in [0, 0.05) is 53.9 Å². The number of unbranched alkanes of at least 4 members (excludes halogenated alkanes) is 3. The summed E-state index contributed by atoms with van der Waals surface area (Å²) in [5, 5.41) is 20.4. The van der Waals surface area contributed by atoms with Gasteiger partial charge in [0.1, 0.15) is 22.4 Å². The molecule has 2 aromatic rings. The number of rotatable bonds is 13. The number of allylic oxidation sites excluding steroid dienone is 5. The van der Waals surface area contributed by atoms with Crippen LogP contribution >= 0.6 is 0 Å². The molecule has 14 heteroatoms. The molecule has 0 amide bonds. The van der Waals surface area contributed by atoms with E-state index in [1.165, 1.54) is 24.3 Å². The van der Waals surface area contributed by atoms with Crippen LogP contribution in [0.2, 0.25) is 0 Å². The summed E-state index contributed by atoms with van der Waals surface area (Å²) in [6, 6.07) is 8.54. The van der Waals surface area contributed by atoms with Crippen molar-refractivity contribution < 1.29 is 50.3 Å². The topological polar surface area (TPSA) is 192 Å². The van der Waals surface area contributed by atoms with Gasteiger partial charge < -0.3 is 19.7 Å². The van der Waals surface area contributed by atoms with Crippen LogP contribution in [0.5, 0.6) is 0 Å². The van der Waals surface area contributed by atoms with E-state index in [-0.39, 0.29) is 33.1 Å². The number of hydrogen-bond acceptors (Lipinski definition) is 9. The average molecular weight is 727 g/mol. The van der Waals surface area contributed by atoms with Crippen molar-refractivity contribution in [3.8, 4) is 0 Å². The highest BCUT2D eigenvalue weighted by Crippen LogP contribution is 2.50. The zero-order valence-electron chi connectivity index (χ0n) is 28.7. The number of benzene rings is 2. The summed E-state index contributed by atoms with van der Waals surface area (Å²) in [5.41, 5.74) is 2.34. The molecule has 268 valence electrons. The number of aliphatic hydroxyl groups is 1. The second-order valence-corrected chi connectivity index (χ2v) is 16.8. The van der Waals surface area contributed by atoms with Crippen LogP contribution in [-0.2, 0) is 40.7 Å². The number of aliphatic hydroxyl groups excluding tert-OH is 1.